The van der Waals surface area contributed by atoms with E-state index in [9.17, 15) is 9.59 Å². The number of hydrogen-bond donors (Lipinski definition) is 0. The summed E-state index contributed by atoms with van der Waals surface area (Å²) in [6.07, 6.45) is 0. The standard InChI is InChI=1S/C18H23ClN6O2/c1-13-20-17(21-25(13)15-6-4-14(19)5-7-15)18(27)23(3)12-16(26)24-10-8-22(2)9-11-24/h4-7H,8-12H2,1-3H3. The Balaban J connectivity index is 1.67. The van der Waals surface area contributed by atoms with E-state index in [-0.39, 0.29) is 24.2 Å². The van der Waals surface area contributed by atoms with E-state index in [2.05, 4.69) is 15.0 Å². The molecule has 0 aliphatic carbocycles. The van der Waals surface area contributed by atoms with E-state index >= 15 is 0 Å². The van der Waals surface area contributed by atoms with E-state index in [0.29, 0.717) is 23.9 Å². The third kappa shape index (κ3) is 4.45. The molecule has 0 saturated carbocycles. The largest absolute Gasteiger partial charge is 0.339 e. The van der Waals surface area contributed by atoms with Gasteiger partial charge in [0.15, 0.2) is 0 Å². The van der Waals surface area contributed by atoms with Gasteiger partial charge >= 0.3 is 0 Å². The number of aryl methyl sites for hydroxylation is 1. The van der Waals surface area contributed by atoms with Gasteiger partial charge < -0.3 is 14.7 Å². The minimum absolute atomic E-state index is 0.0110. The minimum Gasteiger partial charge on any atom is -0.339 e. The zero-order valence-electron chi connectivity index (χ0n) is 15.7. The molecule has 9 heteroatoms. The van der Waals surface area contributed by atoms with Gasteiger partial charge in [-0.3, -0.25) is 9.59 Å². The lowest BCUT2D eigenvalue weighted by Crippen LogP contribution is -2.50. The molecule has 2 aromatic rings. The van der Waals surface area contributed by atoms with Crippen molar-refractivity contribution in [1.82, 2.24) is 29.5 Å². The number of carbonyl (C=O) groups excluding carboxylic acids is 2. The highest BCUT2D eigenvalue weighted by molar-refractivity contribution is 6.30. The van der Waals surface area contributed by atoms with Gasteiger partial charge in [0.1, 0.15) is 5.82 Å². The molecule has 0 N–H and O–H groups in total. The van der Waals surface area contributed by atoms with Crippen LogP contribution in [-0.2, 0) is 4.79 Å². The molecule has 3 rings (SSSR count). The molecule has 0 spiro atoms. The molecule has 1 aliphatic heterocycles. The fraction of sp³-hybridized carbons (Fsp3) is 0.444. The summed E-state index contributed by atoms with van der Waals surface area (Å²) in [5.41, 5.74) is 0.764. The predicted octanol–water partition coefficient (Wildman–Crippen LogP) is 1.08. The van der Waals surface area contributed by atoms with Gasteiger partial charge in [-0.05, 0) is 38.2 Å². The summed E-state index contributed by atoms with van der Waals surface area (Å²) in [7, 11) is 3.62. The van der Waals surface area contributed by atoms with Gasteiger partial charge in [0.25, 0.3) is 5.91 Å². The zero-order chi connectivity index (χ0) is 19.6. The highest BCUT2D eigenvalue weighted by atomic mass is 35.5. The molecule has 1 aliphatic rings. The molecule has 0 bridgehead atoms. The summed E-state index contributed by atoms with van der Waals surface area (Å²) in [6.45, 7) is 4.83. The van der Waals surface area contributed by atoms with E-state index in [4.69, 9.17) is 11.6 Å². The number of halogens is 1. The molecule has 1 saturated heterocycles. The summed E-state index contributed by atoms with van der Waals surface area (Å²) in [6, 6.07) is 7.11. The first-order valence-corrected chi connectivity index (χ1v) is 9.14. The van der Waals surface area contributed by atoms with Gasteiger partial charge in [-0.1, -0.05) is 11.6 Å². The lowest BCUT2D eigenvalue weighted by molar-refractivity contribution is -0.133. The van der Waals surface area contributed by atoms with Gasteiger partial charge in [0.05, 0.1) is 12.2 Å². The highest BCUT2D eigenvalue weighted by Crippen LogP contribution is 2.14. The molecular formula is C18H23ClN6O2. The van der Waals surface area contributed by atoms with Crippen LogP contribution in [0.5, 0.6) is 0 Å². The number of rotatable bonds is 4. The number of benzene rings is 1. The molecule has 27 heavy (non-hydrogen) atoms. The van der Waals surface area contributed by atoms with Crippen molar-refractivity contribution in [2.75, 3.05) is 46.8 Å². The second kappa shape index (κ2) is 8.06. The van der Waals surface area contributed by atoms with Crippen LogP contribution in [0.15, 0.2) is 24.3 Å². The lowest BCUT2D eigenvalue weighted by atomic mass is 10.3. The summed E-state index contributed by atoms with van der Waals surface area (Å²) >= 11 is 5.91. The SMILES string of the molecule is Cc1nc(C(=O)N(C)CC(=O)N2CCN(C)CC2)nn1-c1ccc(Cl)cc1. The van der Waals surface area contributed by atoms with Crippen molar-refractivity contribution in [3.05, 3.63) is 40.9 Å². The maximum absolute atomic E-state index is 12.7. The second-order valence-corrected chi connectivity index (χ2v) is 7.15. The third-order valence-corrected chi connectivity index (χ3v) is 4.86. The maximum atomic E-state index is 12.7. The molecule has 1 fully saturated rings. The summed E-state index contributed by atoms with van der Waals surface area (Å²) in [5.74, 6) is 0.205. The number of likely N-dealkylation sites (N-methyl/N-ethyl adjacent to an activating group) is 2. The average Bonchev–Trinajstić information content (AvgIpc) is 3.03. The molecule has 0 radical (unpaired) electrons. The fourth-order valence-electron chi connectivity index (χ4n) is 2.91. The van der Waals surface area contributed by atoms with Crippen LogP contribution in [0.2, 0.25) is 5.02 Å². The average molecular weight is 391 g/mol. The Morgan fingerprint density at radius 3 is 2.41 bits per heavy atom. The number of aromatic nitrogens is 3. The first-order valence-electron chi connectivity index (χ1n) is 8.76. The Bertz CT molecular complexity index is 827. The van der Waals surface area contributed by atoms with Gasteiger partial charge in [-0.25, -0.2) is 9.67 Å². The van der Waals surface area contributed by atoms with Gasteiger partial charge in [-0.15, -0.1) is 5.10 Å². The monoisotopic (exact) mass is 390 g/mol. The number of amides is 2. The van der Waals surface area contributed by atoms with Crippen LogP contribution in [0.1, 0.15) is 16.4 Å². The van der Waals surface area contributed by atoms with Crippen molar-refractivity contribution in [2.45, 2.75) is 6.92 Å². The predicted molar refractivity (Wildman–Crippen MR) is 102 cm³/mol. The molecule has 1 aromatic carbocycles. The van der Waals surface area contributed by atoms with E-state index in [1.165, 1.54) is 4.90 Å². The number of carbonyl (C=O) groups is 2. The molecular weight excluding hydrogens is 368 g/mol. The van der Waals surface area contributed by atoms with Crippen molar-refractivity contribution < 1.29 is 9.59 Å². The first-order chi connectivity index (χ1) is 12.8. The van der Waals surface area contributed by atoms with Crippen LogP contribution in [0.25, 0.3) is 5.69 Å². The van der Waals surface area contributed by atoms with Crippen molar-refractivity contribution in [2.24, 2.45) is 0 Å². The van der Waals surface area contributed by atoms with Gasteiger partial charge in [0.2, 0.25) is 11.7 Å². The van der Waals surface area contributed by atoms with Crippen molar-refractivity contribution in [1.29, 1.82) is 0 Å². The Kier molecular flexibility index (Phi) is 5.76. The van der Waals surface area contributed by atoms with Crippen molar-refractivity contribution in [3.63, 3.8) is 0 Å². The number of piperazine rings is 1. The molecule has 1 aromatic heterocycles. The fourth-order valence-corrected chi connectivity index (χ4v) is 3.03. The molecule has 2 heterocycles. The Morgan fingerprint density at radius 1 is 1.15 bits per heavy atom. The van der Waals surface area contributed by atoms with Crippen LogP contribution in [0.4, 0.5) is 0 Å². The van der Waals surface area contributed by atoms with E-state index in [1.807, 2.05) is 7.05 Å². The summed E-state index contributed by atoms with van der Waals surface area (Å²) in [4.78, 5) is 34.7. The smallest absolute Gasteiger partial charge is 0.293 e. The van der Waals surface area contributed by atoms with Gasteiger partial charge in [0, 0.05) is 38.2 Å². The molecule has 144 valence electrons. The number of nitrogens with zero attached hydrogens (tertiary/aromatic N) is 6. The Morgan fingerprint density at radius 2 is 1.78 bits per heavy atom. The summed E-state index contributed by atoms with van der Waals surface area (Å²) < 4.78 is 1.58. The number of hydrogen-bond acceptors (Lipinski definition) is 5. The van der Waals surface area contributed by atoms with E-state index in [1.54, 1.807) is 47.8 Å². The second-order valence-electron chi connectivity index (χ2n) is 6.72. The Hall–Kier alpha value is -2.45. The highest BCUT2D eigenvalue weighted by Gasteiger charge is 2.24. The van der Waals surface area contributed by atoms with Crippen LogP contribution in [0, 0.1) is 6.92 Å². The first kappa shape index (κ1) is 19.3. The van der Waals surface area contributed by atoms with Crippen LogP contribution in [-0.4, -0.2) is 88.1 Å². The topological polar surface area (TPSA) is 74.6 Å². The lowest BCUT2D eigenvalue weighted by Gasteiger charge is -2.33. The van der Waals surface area contributed by atoms with E-state index < -0.39 is 0 Å². The molecule has 8 nitrogen and oxygen atoms in total. The van der Waals surface area contributed by atoms with Crippen LogP contribution >= 0.6 is 11.6 Å². The summed E-state index contributed by atoms with van der Waals surface area (Å²) in [5, 5.41) is 4.92. The minimum atomic E-state index is -0.381. The van der Waals surface area contributed by atoms with Crippen molar-refractivity contribution in [3.8, 4) is 5.69 Å². The van der Waals surface area contributed by atoms with Gasteiger partial charge in [-0.2, -0.15) is 0 Å². The van der Waals surface area contributed by atoms with E-state index in [0.717, 1.165) is 18.8 Å². The third-order valence-electron chi connectivity index (χ3n) is 4.61. The molecule has 0 atom stereocenters. The van der Waals surface area contributed by atoms with Crippen LogP contribution in [0.3, 0.4) is 0 Å². The Labute approximate surface area is 163 Å². The quantitative estimate of drug-likeness (QED) is 0.780. The maximum Gasteiger partial charge on any atom is 0.293 e. The molecule has 2 amide bonds. The molecule has 0 unspecified atom stereocenters. The van der Waals surface area contributed by atoms with Crippen LogP contribution < -0.4 is 0 Å². The van der Waals surface area contributed by atoms with Crippen molar-refractivity contribution >= 4 is 23.4 Å². The normalized spacial score (nSPS) is 15.0. The zero-order valence-corrected chi connectivity index (χ0v) is 16.5.